The number of nitrogens with zero attached hydrogens (tertiary/aromatic N) is 1. The molecule has 3 rings (SSSR count). The molecule has 8 nitrogen and oxygen atoms in total. The van der Waals surface area contributed by atoms with Gasteiger partial charge in [0, 0.05) is 19.3 Å². The molecular formula is C24H26N4O4. The van der Waals surface area contributed by atoms with Gasteiger partial charge >= 0.3 is 6.03 Å². The van der Waals surface area contributed by atoms with Gasteiger partial charge in [-0.1, -0.05) is 18.2 Å². The average Bonchev–Trinajstić information content (AvgIpc) is 2.79. The first-order valence-electron chi connectivity index (χ1n) is 10.1. The number of aromatic nitrogens is 1. The van der Waals surface area contributed by atoms with Gasteiger partial charge in [-0.2, -0.15) is 0 Å². The quantitative estimate of drug-likeness (QED) is 0.511. The van der Waals surface area contributed by atoms with E-state index in [2.05, 4.69) is 20.9 Å². The van der Waals surface area contributed by atoms with E-state index in [1.807, 2.05) is 44.2 Å². The van der Waals surface area contributed by atoms with Gasteiger partial charge in [0.25, 0.3) is 5.91 Å². The summed E-state index contributed by atoms with van der Waals surface area (Å²) in [4.78, 5) is 28.2. The Morgan fingerprint density at radius 1 is 1.00 bits per heavy atom. The molecule has 0 saturated heterocycles. The molecule has 2 aromatic carbocycles. The summed E-state index contributed by atoms with van der Waals surface area (Å²) in [5.41, 5.74) is 2.80. The molecule has 3 aromatic rings. The second-order valence-electron chi connectivity index (χ2n) is 7.15. The van der Waals surface area contributed by atoms with Gasteiger partial charge in [-0.15, -0.1) is 0 Å². The summed E-state index contributed by atoms with van der Waals surface area (Å²) in [5.74, 6) is 1.41. The molecular weight excluding hydrogens is 408 g/mol. The third-order valence-electron chi connectivity index (χ3n) is 4.76. The van der Waals surface area contributed by atoms with Crippen LogP contribution in [-0.2, 0) is 0 Å². The minimum absolute atomic E-state index is 0.236. The molecule has 166 valence electrons. The van der Waals surface area contributed by atoms with Gasteiger partial charge < -0.3 is 25.4 Å². The summed E-state index contributed by atoms with van der Waals surface area (Å²) in [7, 11) is 3.11. The minimum atomic E-state index is -0.333. The Kier molecular flexibility index (Phi) is 7.28. The van der Waals surface area contributed by atoms with Crippen LogP contribution < -0.4 is 25.4 Å². The van der Waals surface area contributed by atoms with Crippen molar-refractivity contribution in [3.8, 4) is 17.2 Å². The van der Waals surface area contributed by atoms with Gasteiger partial charge in [-0.3, -0.25) is 9.78 Å². The summed E-state index contributed by atoms with van der Waals surface area (Å²) in [6.45, 7) is 3.83. The van der Waals surface area contributed by atoms with E-state index in [4.69, 9.17) is 9.47 Å². The molecule has 32 heavy (non-hydrogen) atoms. The lowest BCUT2D eigenvalue weighted by Crippen LogP contribution is -2.31. The van der Waals surface area contributed by atoms with Crippen LogP contribution >= 0.6 is 0 Å². The van der Waals surface area contributed by atoms with Crippen molar-refractivity contribution in [2.24, 2.45) is 0 Å². The van der Waals surface area contributed by atoms with Gasteiger partial charge in [0.1, 0.15) is 22.9 Å². The van der Waals surface area contributed by atoms with Crippen LogP contribution in [0.5, 0.6) is 17.2 Å². The first-order chi connectivity index (χ1) is 15.4. The molecule has 0 bridgehead atoms. The fourth-order valence-electron chi connectivity index (χ4n) is 3.05. The fraction of sp³-hybridized carbons (Fsp3) is 0.208. The minimum Gasteiger partial charge on any atom is -0.495 e. The number of methoxy groups -OCH3 is 1. The highest BCUT2D eigenvalue weighted by Gasteiger charge is 2.13. The Morgan fingerprint density at radius 2 is 1.75 bits per heavy atom. The molecule has 3 N–H and O–H groups in total. The highest BCUT2D eigenvalue weighted by atomic mass is 16.5. The van der Waals surface area contributed by atoms with E-state index in [0.29, 0.717) is 22.9 Å². The van der Waals surface area contributed by atoms with Gasteiger partial charge in [-0.05, 0) is 55.3 Å². The smallest absolute Gasteiger partial charge is 0.319 e. The second-order valence-corrected chi connectivity index (χ2v) is 7.15. The molecule has 1 atom stereocenters. The second kappa shape index (κ2) is 10.3. The average molecular weight is 434 g/mol. The van der Waals surface area contributed by atoms with Crippen molar-refractivity contribution < 1.29 is 19.1 Å². The first kappa shape index (κ1) is 22.6. The van der Waals surface area contributed by atoms with Crippen molar-refractivity contribution >= 4 is 17.6 Å². The van der Waals surface area contributed by atoms with Crippen LogP contribution in [-0.4, -0.2) is 31.1 Å². The monoisotopic (exact) mass is 434 g/mol. The highest BCUT2D eigenvalue weighted by molar-refractivity contribution is 5.92. The normalized spacial score (nSPS) is 11.2. The van der Waals surface area contributed by atoms with E-state index >= 15 is 0 Å². The van der Waals surface area contributed by atoms with Crippen molar-refractivity contribution in [3.63, 3.8) is 0 Å². The van der Waals surface area contributed by atoms with Crippen molar-refractivity contribution in [2.45, 2.75) is 19.9 Å². The largest absolute Gasteiger partial charge is 0.495 e. The predicted octanol–water partition coefficient (Wildman–Crippen LogP) is 4.43. The maximum absolute atomic E-state index is 12.5. The number of pyridine rings is 1. The summed E-state index contributed by atoms with van der Waals surface area (Å²) >= 11 is 0. The molecule has 0 aliphatic heterocycles. The molecule has 8 heteroatoms. The molecule has 0 spiro atoms. The summed E-state index contributed by atoms with van der Waals surface area (Å²) in [6.07, 6.45) is 1.52. The topological polar surface area (TPSA) is 102 Å². The molecule has 1 aromatic heterocycles. The number of hydrogen-bond donors (Lipinski definition) is 3. The zero-order valence-corrected chi connectivity index (χ0v) is 18.4. The number of aryl methyl sites for hydroxylation is 1. The number of anilines is 1. The lowest BCUT2D eigenvalue weighted by atomic mass is 10.1. The SMILES string of the molecule is CNC(=O)c1cc(Oc2ccc(C(C)NC(=O)Nc3cc(C)ccc3OC)cc2)ccn1. The maximum Gasteiger partial charge on any atom is 0.319 e. The van der Waals surface area contributed by atoms with Crippen molar-refractivity contribution in [3.05, 3.63) is 77.6 Å². The number of benzene rings is 2. The molecule has 0 saturated carbocycles. The molecule has 0 radical (unpaired) electrons. The zero-order valence-electron chi connectivity index (χ0n) is 18.4. The molecule has 3 amide bonds. The number of rotatable bonds is 7. The van der Waals surface area contributed by atoms with Crippen LogP contribution in [0.2, 0.25) is 0 Å². The van der Waals surface area contributed by atoms with Crippen molar-refractivity contribution in [1.82, 2.24) is 15.6 Å². The maximum atomic E-state index is 12.5. The lowest BCUT2D eigenvalue weighted by Gasteiger charge is -2.17. The van der Waals surface area contributed by atoms with E-state index in [1.165, 1.54) is 6.20 Å². The third-order valence-corrected chi connectivity index (χ3v) is 4.76. The number of hydrogen-bond acceptors (Lipinski definition) is 5. The number of urea groups is 1. The number of carbonyl (C=O) groups excluding carboxylic acids is 2. The molecule has 1 heterocycles. The Hall–Kier alpha value is -4.07. The molecule has 0 aliphatic rings. The molecule has 0 aliphatic carbocycles. The van der Waals surface area contributed by atoms with Crippen LogP contribution in [0.25, 0.3) is 0 Å². The summed E-state index contributed by atoms with van der Waals surface area (Å²) in [5, 5.41) is 8.27. The summed E-state index contributed by atoms with van der Waals surface area (Å²) < 4.78 is 11.1. The van der Waals surface area contributed by atoms with Crippen molar-refractivity contribution in [2.75, 3.05) is 19.5 Å². The van der Waals surface area contributed by atoms with Crippen LogP contribution in [0.4, 0.5) is 10.5 Å². The number of nitrogens with one attached hydrogen (secondary N) is 3. The molecule has 1 unspecified atom stereocenters. The van der Waals surface area contributed by atoms with E-state index in [1.54, 1.807) is 38.4 Å². The van der Waals surface area contributed by atoms with Crippen LogP contribution in [0, 0.1) is 6.92 Å². The Balaban J connectivity index is 1.61. The van der Waals surface area contributed by atoms with Crippen LogP contribution in [0.15, 0.2) is 60.8 Å². The van der Waals surface area contributed by atoms with E-state index in [9.17, 15) is 9.59 Å². The zero-order chi connectivity index (χ0) is 23.1. The van der Waals surface area contributed by atoms with Gasteiger partial charge in [0.05, 0.1) is 18.8 Å². The van der Waals surface area contributed by atoms with Crippen molar-refractivity contribution in [1.29, 1.82) is 0 Å². The number of carbonyl (C=O) groups is 2. The van der Waals surface area contributed by atoms with Crippen LogP contribution in [0.1, 0.15) is 34.6 Å². The molecule has 0 fully saturated rings. The standard InChI is InChI=1S/C24H26N4O4/c1-15-5-10-22(31-4)20(13-15)28-24(30)27-16(2)17-6-8-18(9-7-17)32-19-11-12-26-21(14-19)23(29)25-3/h5-14,16H,1-4H3,(H,25,29)(H2,27,28,30). The number of ether oxygens (including phenoxy) is 2. The Bertz CT molecular complexity index is 1100. The van der Waals surface area contributed by atoms with E-state index in [0.717, 1.165) is 11.1 Å². The highest BCUT2D eigenvalue weighted by Crippen LogP contribution is 2.26. The van der Waals surface area contributed by atoms with E-state index in [-0.39, 0.29) is 23.7 Å². The lowest BCUT2D eigenvalue weighted by molar-refractivity contribution is 0.0958. The Morgan fingerprint density at radius 3 is 2.44 bits per heavy atom. The fourth-order valence-corrected chi connectivity index (χ4v) is 3.05. The van der Waals surface area contributed by atoms with Gasteiger partial charge in [0.2, 0.25) is 0 Å². The van der Waals surface area contributed by atoms with Gasteiger partial charge in [-0.25, -0.2) is 4.79 Å². The first-order valence-corrected chi connectivity index (χ1v) is 10.1. The summed E-state index contributed by atoms with van der Waals surface area (Å²) in [6, 6.07) is 15.6. The predicted molar refractivity (Wildman–Crippen MR) is 122 cm³/mol. The third kappa shape index (κ3) is 5.75. The van der Waals surface area contributed by atoms with Crippen LogP contribution in [0.3, 0.4) is 0 Å². The Labute approximate surface area is 187 Å². The van der Waals surface area contributed by atoms with E-state index < -0.39 is 0 Å². The van der Waals surface area contributed by atoms with Gasteiger partial charge in [0.15, 0.2) is 0 Å². The number of amides is 3.